The number of carbonyl (C=O) groups is 1. The minimum absolute atomic E-state index is 0.0105. The molecule has 0 aliphatic rings. The molecule has 0 fully saturated rings. The van der Waals surface area contributed by atoms with Crippen molar-refractivity contribution in [2.45, 2.75) is 32.1 Å². The van der Waals surface area contributed by atoms with Gasteiger partial charge in [-0.2, -0.15) is 0 Å². The van der Waals surface area contributed by atoms with Crippen molar-refractivity contribution in [3.8, 4) is 0 Å². The van der Waals surface area contributed by atoms with Crippen molar-refractivity contribution < 1.29 is 43.1 Å². The molecule has 0 saturated carbocycles. The molecule has 1 N–H and O–H groups in total. The van der Waals surface area contributed by atoms with Crippen molar-refractivity contribution in [3.63, 3.8) is 0 Å². The van der Waals surface area contributed by atoms with Gasteiger partial charge in [-0.3, -0.25) is 4.79 Å². The summed E-state index contributed by atoms with van der Waals surface area (Å²) in [4.78, 5) is 10.3. The molecule has 31 heavy (non-hydrogen) atoms. The average molecular weight is 564 g/mol. The second kappa shape index (κ2) is 28.0. The largest absolute Gasteiger partial charge is 0.481 e. The van der Waals surface area contributed by atoms with Crippen molar-refractivity contribution in [2.75, 3.05) is 96.9 Å². The zero-order chi connectivity index (χ0) is 22.7. The van der Waals surface area contributed by atoms with E-state index in [1.165, 1.54) is 23.7 Å². The summed E-state index contributed by atoms with van der Waals surface area (Å²) < 4.78 is 38.8. The number of halogens is 1. The van der Waals surface area contributed by atoms with Crippen LogP contribution in [0.3, 0.4) is 0 Å². The quantitative estimate of drug-likeness (QED) is 0.0917. The highest BCUT2D eigenvalue weighted by Crippen LogP contribution is 2.02. The van der Waals surface area contributed by atoms with Crippen LogP contribution in [0.2, 0.25) is 0 Å². The number of unbranched alkanes of at least 4 members (excludes halogenated alkanes) is 3. The molecule has 0 atom stereocenters. The van der Waals surface area contributed by atoms with Crippen molar-refractivity contribution >= 4 is 28.6 Å². The van der Waals surface area contributed by atoms with Gasteiger partial charge in [0.25, 0.3) is 0 Å². The van der Waals surface area contributed by atoms with Crippen LogP contribution in [0.5, 0.6) is 0 Å². The molecule has 0 heterocycles. The number of alkyl halides is 1. The molecule has 0 radical (unpaired) electrons. The first-order valence-electron chi connectivity index (χ1n) is 11.1. The molecule has 0 amide bonds. The predicted molar refractivity (Wildman–Crippen MR) is 125 cm³/mol. The number of hydrogen-bond acceptors (Lipinski definition) is 8. The normalized spacial score (nSPS) is 11.3. The summed E-state index contributed by atoms with van der Waals surface area (Å²) in [5.74, 6) is -0.864. The Kier molecular flexibility index (Phi) is 27.9. The van der Waals surface area contributed by atoms with Gasteiger partial charge in [-0.25, -0.2) is 0 Å². The molecule has 0 aromatic heterocycles. The van der Waals surface area contributed by atoms with Gasteiger partial charge in [0.1, 0.15) is 0 Å². The summed E-state index contributed by atoms with van der Waals surface area (Å²) in [7, 11) is 0. The van der Waals surface area contributed by atoms with E-state index in [4.69, 9.17) is 38.3 Å². The number of hydrogen-bond donors (Lipinski definition) is 1. The fourth-order valence-electron chi connectivity index (χ4n) is 2.23. The van der Waals surface area contributed by atoms with Crippen LogP contribution in [0.15, 0.2) is 0 Å². The molecule has 186 valence electrons. The Labute approximate surface area is 200 Å². The maximum Gasteiger partial charge on any atom is 0.305 e. The van der Waals surface area contributed by atoms with Crippen LogP contribution in [0.4, 0.5) is 0 Å². The molecule has 0 aromatic carbocycles. The summed E-state index contributed by atoms with van der Waals surface area (Å²) in [5, 5.41) is 8.45. The lowest BCUT2D eigenvalue weighted by Crippen LogP contribution is -2.14. The lowest BCUT2D eigenvalue weighted by atomic mass is 10.2. The lowest BCUT2D eigenvalue weighted by Gasteiger charge is -2.08. The number of ether oxygens (including phenoxy) is 7. The first kappa shape index (κ1) is 30.9. The highest BCUT2D eigenvalue weighted by Gasteiger charge is 1.97. The van der Waals surface area contributed by atoms with Gasteiger partial charge in [0.15, 0.2) is 0 Å². The van der Waals surface area contributed by atoms with Crippen molar-refractivity contribution in [1.29, 1.82) is 0 Å². The topological polar surface area (TPSA) is 102 Å². The van der Waals surface area contributed by atoms with Crippen molar-refractivity contribution in [3.05, 3.63) is 0 Å². The van der Waals surface area contributed by atoms with Crippen LogP contribution in [0.25, 0.3) is 0 Å². The van der Waals surface area contributed by atoms with E-state index in [-0.39, 0.29) is 13.0 Å². The monoisotopic (exact) mass is 564 g/mol. The molecule has 0 bridgehead atoms. The number of rotatable bonds is 27. The molecule has 9 nitrogen and oxygen atoms in total. The van der Waals surface area contributed by atoms with Crippen LogP contribution < -0.4 is 0 Å². The number of carboxylic acid groups (broad SMARTS) is 1. The van der Waals surface area contributed by atoms with Crippen LogP contribution in [-0.4, -0.2) is 108 Å². The molecule has 0 spiro atoms. The van der Waals surface area contributed by atoms with Crippen LogP contribution in [-0.2, 0) is 38.0 Å². The summed E-state index contributed by atoms with van der Waals surface area (Å²) in [6.07, 6.45) is 4.98. The maximum absolute atomic E-state index is 10.3. The van der Waals surface area contributed by atoms with Crippen LogP contribution >= 0.6 is 22.6 Å². The van der Waals surface area contributed by atoms with Gasteiger partial charge in [-0.05, 0) is 17.3 Å². The Morgan fingerprint density at radius 3 is 1.16 bits per heavy atom. The van der Waals surface area contributed by atoms with Crippen LogP contribution in [0, 0.1) is 0 Å². The summed E-state index contributed by atoms with van der Waals surface area (Å²) in [6, 6.07) is 0. The van der Waals surface area contributed by atoms with Crippen molar-refractivity contribution in [2.24, 2.45) is 0 Å². The SMILES string of the molecule is O=C(O)CCOCCOCCOCCOCCOCCOCCOCCCCCCI. The van der Waals surface area contributed by atoms with Gasteiger partial charge in [0, 0.05) is 6.61 Å². The summed E-state index contributed by atoms with van der Waals surface area (Å²) >= 11 is 2.41. The first-order chi connectivity index (χ1) is 15.3. The summed E-state index contributed by atoms with van der Waals surface area (Å²) in [5.41, 5.74) is 0. The van der Waals surface area contributed by atoms with Gasteiger partial charge >= 0.3 is 5.97 Å². The molecular weight excluding hydrogens is 523 g/mol. The molecule has 0 saturated heterocycles. The third kappa shape index (κ3) is 29.9. The average Bonchev–Trinajstić information content (AvgIpc) is 2.76. The zero-order valence-corrected chi connectivity index (χ0v) is 20.9. The molecular formula is C21H41IO9. The van der Waals surface area contributed by atoms with Gasteiger partial charge in [0.2, 0.25) is 0 Å². The Morgan fingerprint density at radius 1 is 0.484 bits per heavy atom. The Balaban J connectivity index is 3.00. The third-order valence-corrected chi connectivity index (χ3v) is 4.63. The predicted octanol–water partition coefficient (Wildman–Crippen LogP) is 2.57. The van der Waals surface area contributed by atoms with E-state index in [0.717, 1.165) is 13.0 Å². The van der Waals surface area contributed by atoms with E-state index in [2.05, 4.69) is 22.6 Å². The van der Waals surface area contributed by atoms with E-state index >= 15 is 0 Å². The van der Waals surface area contributed by atoms with Gasteiger partial charge in [-0.15, -0.1) is 0 Å². The van der Waals surface area contributed by atoms with E-state index in [1.54, 1.807) is 0 Å². The Bertz CT molecular complexity index is 362. The zero-order valence-electron chi connectivity index (χ0n) is 18.7. The second-order valence-electron chi connectivity index (χ2n) is 6.53. The summed E-state index contributed by atoms with van der Waals surface area (Å²) in [6.45, 7) is 7.19. The van der Waals surface area contributed by atoms with Crippen LogP contribution in [0.1, 0.15) is 32.1 Å². The fourth-order valence-corrected chi connectivity index (χ4v) is 2.77. The molecule has 0 aliphatic heterocycles. The molecule has 10 heteroatoms. The minimum atomic E-state index is -0.864. The maximum atomic E-state index is 10.3. The molecule has 0 rings (SSSR count). The fraction of sp³-hybridized carbons (Fsp3) is 0.952. The number of aliphatic carboxylic acids is 1. The lowest BCUT2D eigenvalue weighted by molar-refractivity contribution is -0.138. The van der Waals surface area contributed by atoms with E-state index < -0.39 is 5.97 Å². The molecule has 0 aromatic rings. The van der Waals surface area contributed by atoms with E-state index in [9.17, 15) is 4.79 Å². The smallest absolute Gasteiger partial charge is 0.305 e. The highest BCUT2D eigenvalue weighted by atomic mass is 127. The minimum Gasteiger partial charge on any atom is -0.481 e. The Hall–Kier alpha value is -0.0800. The van der Waals surface area contributed by atoms with Crippen molar-refractivity contribution in [1.82, 2.24) is 0 Å². The standard InChI is InChI=1S/C21H41IO9/c22-6-3-1-2-4-7-25-9-11-27-13-15-29-17-19-31-20-18-30-16-14-28-12-10-26-8-5-21(23)24/h1-20H2,(H,23,24). The second-order valence-corrected chi connectivity index (χ2v) is 7.61. The Morgan fingerprint density at radius 2 is 0.806 bits per heavy atom. The molecule has 0 unspecified atom stereocenters. The highest BCUT2D eigenvalue weighted by molar-refractivity contribution is 14.1. The molecule has 0 aliphatic carbocycles. The first-order valence-corrected chi connectivity index (χ1v) is 12.6. The van der Waals surface area contributed by atoms with Gasteiger partial charge in [0.05, 0.1) is 92.3 Å². The van der Waals surface area contributed by atoms with E-state index in [0.29, 0.717) is 79.3 Å². The van der Waals surface area contributed by atoms with E-state index in [1.807, 2.05) is 0 Å². The third-order valence-electron chi connectivity index (χ3n) is 3.86. The van der Waals surface area contributed by atoms with Gasteiger partial charge < -0.3 is 38.3 Å². The van der Waals surface area contributed by atoms with Gasteiger partial charge in [-0.1, -0.05) is 35.4 Å². The number of carboxylic acids is 1.